The van der Waals surface area contributed by atoms with Crippen molar-refractivity contribution in [1.82, 2.24) is 0 Å². The minimum atomic E-state index is -0.386. The maximum Gasteiger partial charge on any atom is 0.196 e. The quantitative estimate of drug-likeness (QED) is 0.459. The molecule has 0 aliphatic heterocycles. The van der Waals surface area contributed by atoms with E-state index in [0.29, 0.717) is 24.0 Å². The van der Waals surface area contributed by atoms with Crippen molar-refractivity contribution >= 4 is 33.3 Å². The number of carbonyl (C=O) groups excluding carboxylic acids is 1. The number of aryl methyl sites for hydroxylation is 1. The molecule has 3 nitrogen and oxygen atoms in total. The van der Waals surface area contributed by atoms with E-state index in [1.165, 1.54) is 0 Å². The van der Waals surface area contributed by atoms with Crippen LogP contribution in [-0.4, -0.2) is 16.0 Å². The molecule has 23 heavy (non-hydrogen) atoms. The highest BCUT2D eigenvalue weighted by molar-refractivity contribution is 9.11. The van der Waals surface area contributed by atoms with Crippen LogP contribution in [0.2, 0.25) is 5.02 Å². The molecule has 0 saturated carbocycles. The summed E-state index contributed by atoms with van der Waals surface area (Å²) in [4.78, 5) is 12.6. The van der Waals surface area contributed by atoms with E-state index >= 15 is 0 Å². The Hall–Kier alpha value is -1.26. The van der Waals surface area contributed by atoms with Crippen LogP contribution in [0.4, 0.5) is 0 Å². The van der Waals surface area contributed by atoms with E-state index in [2.05, 4.69) is 22.9 Å². The molecule has 5 heteroatoms. The van der Waals surface area contributed by atoms with Gasteiger partial charge in [0.25, 0.3) is 0 Å². The summed E-state index contributed by atoms with van der Waals surface area (Å²) >= 11 is 9.40. The summed E-state index contributed by atoms with van der Waals surface area (Å²) in [6.07, 6.45) is 8.78. The van der Waals surface area contributed by atoms with Crippen LogP contribution in [0.25, 0.3) is 0 Å². The SMILES string of the molecule is CCCCCCc1cc(Cl)c(O)c(C(=O)C2=CC=C(Br)C2)c1O. The molecule has 0 radical (unpaired) electrons. The molecule has 0 fully saturated rings. The highest BCUT2D eigenvalue weighted by Gasteiger charge is 2.26. The lowest BCUT2D eigenvalue weighted by Gasteiger charge is -2.13. The van der Waals surface area contributed by atoms with Gasteiger partial charge in [0.05, 0.1) is 5.02 Å². The summed E-state index contributed by atoms with van der Waals surface area (Å²) in [6, 6.07) is 1.55. The molecule has 1 aliphatic carbocycles. The first-order valence-corrected chi connectivity index (χ1v) is 8.96. The number of phenols is 2. The van der Waals surface area contributed by atoms with Crippen molar-refractivity contribution in [3.8, 4) is 11.5 Å². The minimum Gasteiger partial charge on any atom is -0.507 e. The van der Waals surface area contributed by atoms with Gasteiger partial charge in [0, 0.05) is 12.0 Å². The predicted octanol–water partition coefficient (Wildman–Crippen LogP) is 5.67. The van der Waals surface area contributed by atoms with Gasteiger partial charge in [0.1, 0.15) is 17.1 Å². The van der Waals surface area contributed by atoms with Crippen LogP contribution in [-0.2, 0) is 6.42 Å². The van der Waals surface area contributed by atoms with Crippen LogP contribution in [0, 0.1) is 0 Å². The number of aromatic hydroxyl groups is 2. The minimum absolute atomic E-state index is 0.0927. The lowest BCUT2D eigenvalue weighted by atomic mass is 9.96. The summed E-state index contributed by atoms with van der Waals surface area (Å²) in [6.45, 7) is 2.13. The third-order valence-corrected chi connectivity index (χ3v) is 4.78. The summed E-state index contributed by atoms with van der Waals surface area (Å²) < 4.78 is 0.890. The van der Waals surface area contributed by atoms with Gasteiger partial charge in [-0.3, -0.25) is 4.79 Å². The fourth-order valence-electron chi connectivity index (χ4n) is 2.64. The Labute approximate surface area is 149 Å². The van der Waals surface area contributed by atoms with E-state index in [0.717, 1.165) is 30.2 Å². The van der Waals surface area contributed by atoms with Crippen LogP contribution in [0.1, 0.15) is 54.9 Å². The number of phenolic OH excluding ortho intramolecular Hbond substituents is 2. The molecule has 1 aromatic rings. The third-order valence-electron chi connectivity index (χ3n) is 3.95. The molecular weight excluding hydrogens is 380 g/mol. The fraction of sp³-hybridized carbons (Fsp3) is 0.389. The van der Waals surface area contributed by atoms with Crippen LogP contribution >= 0.6 is 27.5 Å². The van der Waals surface area contributed by atoms with Crippen LogP contribution < -0.4 is 0 Å². The average molecular weight is 400 g/mol. The first kappa shape index (κ1) is 18.1. The molecule has 124 valence electrons. The second-order valence-electron chi connectivity index (χ2n) is 5.71. The van der Waals surface area contributed by atoms with E-state index < -0.39 is 0 Å². The number of ketones is 1. The summed E-state index contributed by atoms with van der Waals surface area (Å²) in [7, 11) is 0. The largest absolute Gasteiger partial charge is 0.507 e. The average Bonchev–Trinajstić information content (AvgIpc) is 2.95. The van der Waals surface area contributed by atoms with Crippen LogP contribution in [0.15, 0.2) is 28.3 Å². The zero-order chi connectivity index (χ0) is 17.0. The maximum atomic E-state index is 12.6. The van der Waals surface area contributed by atoms with E-state index in [9.17, 15) is 15.0 Å². The smallest absolute Gasteiger partial charge is 0.196 e. The van der Waals surface area contributed by atoms with Gasteiger partial charge in [-0.2, -0.15) is 0 Å². The van der Waals surface area contributed by atoms with Gasteiger partial charge in [0.2, 0.25) is 0 Å². The molecular formula is C18H20BrClO3. The molecule has 2 rings (SSSR count). The van der Waals surface area contributed by atoms with Gasteiger partial charge in [-0.05, 0) is 29.0 Å². The first-order valence-electron chi connectivity index (χ1n) is 7.79. The van der Waals surface area contributed by atoms with E-state index in [4.69, 9.17) is 11.6 Å². The topological polar surface area (TPSA) is 57.5 Å². The molecule has 0 atom stereocenters. The fourth-order valence-corrected chi connectivity index (χ4v) is 3.30. The number of Topliss-reactive ketones (excluding diaryl/α,β-unsaturated/α-hetero) is 1. The molecule has 0 unspecified atom stereocenters. The Morgan fingerprint density at radius 3 is 2.57 bits per heavy atom. The second-order valence-corrected chi connectivity index (χ2v) is 7.14. The Balaban J connectivity index is 2.28. The highest BCUT2D eigenvalue weighted by Crippen LogP contribution is 2.40. The zero-order valence-corrected chi connectivity index (χ0v) is 15.4. The first-order chi connectivity index (χ1) is 11.0. The van der Waals surface area contributed by atoms with Crippen molar-refractivity contribution in [2.24, 2.45) is 0 Å². The van der Waals surface area contributed by atoms with Crippen molar-refractivity contribution in [1.29, 1.82) is 0 Å². The zero-order valence-electron chi connectivity index (χ0n) is 13.0. The number of halogens is 2. The number of hydrogen-bond donors (Lipinski definition) is 2. The maximum absolute atomic E-state index is 12.6. The third kappa shape index (κ3) is 4.18. The van der Waals surface area contributed by atoms with Gasteiger partial charge in [-0.15, -0.1) is 0 Å². The molecule has 1 aliphatic rings. The summed E-state index contributed by atoms with van der Waals surface area (Å²) in [5.74, 6) is -0.893. The van der Waals surface area contributed by atoms with E-state index in [-0.39, 0.29) is 27.9 Å². The van der Waals surface area contributed by atoms with Gasteiger partial charge in [-0.25, -0.2) is 0 Å². The molecule has 0 bridgehead atoms. The molecule has 0 amide bonds. The van der Waals surface area contributed by atoms with Crippen molar-refractivity contribution in [2.45, 2.75) is 45.4 Å². The Morgan fingerprint density at radius 2 is 1.96 bits per heavy atom. The number of allylic oxidation sites excluding steroid dienone is 4. The van der Waals surface area contributed by atoms with Gasteiger partial charge in [0.15, 0.2) is 5.78 Å². The highest BCUT2D eigenvalue weighted by atomic mass is 79.9. The number of benzene rings is 1. The molecule has 0 heterocycles. The normalized spacial score (nSPS) is 13.9. The summed E-state index contributed by atoms with van der Waals surface area (Å²) in [5, 5.41) is 20.7. The van der Waals surface area contributed by atoms with E-state index in [1.54, 1.807) is 18.2 Å². The number of carbonyl (C=O) groups is 1. The molecule has 0 spiro atoms. The van der Waals surface area contributed by atoms with E-state index in [1.807, 2.05) is 0 Å². The monoisotopic (exact) mass is 398 g/mol. The van der Waals surface area contributed by atoms with Crippen LogP contribution in [0.5, 0.6) is 11.5 Å². The van der Waals surface area contributed by atoms with Gasteiger partial charge >= 0.3 is 0 Å². The van der Waals surface area contributed by atoms with Crippen LogP contribution in [0.3, 0.4) is 0 Å². The molecule has 1 aromatic carbocycles. The van der Waals surface area contributed by atoms with Crippen molar-refractivity contribution in [3.05, 3.63) is 44.4 Å². The number of unbranched alkanes of at least 4 members (excludes halogenated alkanes) is 3. The van der Waals surface area contributed by atoms with Crippen molar-refractivity contribution in [2.75, 3.05) is 0 Å². The Kier molecular flexibility index (Phi) is 6.31. The van der Waals surface area contributed by atoms with Gasteiger partial charge in [-0.1, -0.05) is 65.9 Å². The van der Waals surface area contributed by atoms with Crippen molar-refractivity contribution < 1.29 is 15.0 Å². The number of hydrogen-bond acceptors (Lipinski definition) is 3. The lowest BCUT2D eigenvalue weighted by Crippen LogP contribution is -2.05. The van der Waals surface area contributed by atoms with Crippen molar-refractivity contribution in [3.63, 3.8) is 0 Å². The summed E-state index contributed by atoms with van der Waals surface area (Å²) in [5.41, 5.74) is 1.03. The lowest BCUT2D eigenvalue weighted by molar-refractivity contribution is 0.102. The van der Waals surface area contributed by atoms with Gasteiger partial charge < -0.3 is 10.2 Å². The Bertz CT molecular complexity index is 677. The molecule has 0 aromatic heterocycles. The number of rotatable bonds is 7. The standard InChI is InChI=1S/C18H20BrClO3/c1-2-3-4-5-6-11-10-14(20)18(23)15(16(11)21)17(22)12-7-8-13(19)9-12/h7-8,10,21,23H,2-6,9H2,1H3. The molecule has 2 N–H and O–H groups in total. The molecule has 0 saturated heterocycles. The second kappa shape index (κ2) is 8.02. The Morgan fingerprint density at radius 1 is 1.22 bits per heavy atom. The predicted molar refractivity (Wildman–Crippen MR) is 96.7 cm³/mol.